The van der Waals surface area contributed by atoms with Crippen molar-refractivity contribution < 1.29 is 5.11 Å². The molecule has 1 aromatic rings. The molecule has 0 aliphatic rings. The van der Waals surface area contributed by atoms with Gasteiger partial charge in [-0.1, -0.05) is 73.3 Å². The average molecular weight is 307 g/mol. The fourth-order valence-electron chi connectivity index (χ4n) is 2.65. The van der Waals surface area contributed by atoms with Crippen molar-refractivity contribution in [1.29, 1.82) is 0 Å². The molecule has 0 saturated heterocycles. The Kier molecular flexibility index (Phi) is 5.04. The van der Waals surface area contributed by atoms with Gasteiger partial charge in [-0.25, -0.2) is 0 Å². The van der Waals surface area contributed by atoms with E-state index in [9.17, 15) is 5.11 Å². The molecule has 0 saturated carbocycles. The molecule has 0 heterocycles. The summed E-state index contributed by atoms with van der Waals surface area (Å²) in [5, 5.41) is 10.5. The number of aromatic hydroxyl groups is 1. The zero-order valence-corrected chi connectivity index (χ0v) is 16.5. The molecule has 0 spiro atoms. The third kappa shape index (κ3) is 5.17. The molecule has 0 aromatic heterocycles. The van der Waals surface area contributed by atoms with Crippen molar-refractivity contribution in [2.75, 3.05) is 0 Å². The van der Waals surface area contributed by atoms with E-state index in [0.717, 1.165) is 12.0 Å². The first-order valence-corrected chi connectivity index (χ1v) is 11.8. The van der Waals surface area contributed by atoms with Crippen molar-refractivity contribution in [3.8, 4) is 5.75 Å². The van der Waals surface area contributed by atoms with Gasteiger partial charge in [0.1, 0.15) is 5.75 Å². The van der Waals surface area contributed by atoms with E-state index in [2.05, 4.69) is 67.2 Å². The smallest absolute Gasteiger partial charge is 0.119 e. The van der Waals surface area contributed by atoms with Crippen LogP contribution in [0.1, 0.15) is 58.2 Å². The summed E-state index contributed by atoms with van der Waals surface area (Å²) in [6.07, 6.45) is 1.13. The molecule has 0 fully saturated rings. The third-order valence-electron chi connectivity index (χ3n) is 3.98. The van der Waals surface area contributed by atoms with Gasteiger partial charge in [0.25, 0.3) is 0 Å². The summed E-state index contributed by atoms with van der Waals surface area (Å²) < 4.78 is 0. The van der Waals surface area contributed by atoms with Crippen LogP contribution in [-0.4, -0.2) is 13.2 Å². The van der Waals surface area contributed by atoms with Gasteiger partial charge in [0, 0.05) is 8.07 Å². The SMILES string of the molecule is CC(C)(C)c1cc(CC[Si](C)(C)C)c(C(C)(C)C)cc1O. The predicted molar refractivity (Wildman–Crippen MR) is 97.4 cm³/mol. The highest BCUT2D eigenvalue weighted by atomic mass is 28.3. The molecular weight excluding hydrogens is 272 g/mol. The topological polar surface area (TPSA) is 20.2 Å². The number of benzene rings is 1. The molecule has 0 aliphatic carbocycles. The quantitative estimate of drug-likeness (QED) is 0.693. The summed E-state index contributed by atoms with van der Waals surface area (Å²) >= 11 is 0. The summed E-state index contributed by atoms with van der Waals surface area (Å²) in [6.45, 7) is 20.5. The molecule has 0 radical (unpaired) electrons. The van der Waals surface area contributed by atoms with Crippen molar-refractivity contribution in [3.05, 3.63) is 28.8 Å². The zero-order chi connectivity index (χ0) is 16.6. The van der Waals surface area contributed by atoms with Crippen LogP contribution in [-0.2, 0) is 17.3 Å². The lowest BCUT2D eigenvalue weighted by Crippen LogP contribution is -2.22. The van der Waals surface area contributed by atoms with Gasteiger partial charge in [-0.05, 0) is 40.0 Å². The van der Waals surface area contributed by atoms with E-state index < -0.39 is 8.07 Å². The van der Waals surface area contributed by atoms with Gasteiger partial charge < -0.3 is 5.11 Å². The van der Waals surface area contributed by atoms with Gasteiger partial charge in [0.15, 0.2) is 0 Å². The first-order chi connectivity index (χ1) is 9.22. The molecule has 0 atom stereocenters. The second kappa shape index (κ2) is 5.79. The standard InChI is InChI=1S/C19H34OSi/c1-18(2,3)15-13-17(20)16(19(4,5)6)12-14(15)10-11-21(7,8)9/h12-13,20H,10-11H2,1-9H3. The van der Waals surface area contributed by atoms with Crippen molar-refractivity contribution in [2.24, 2.45) is 0 Å². The van der Waals surface area contributed by atoms with Crippen LogP contribution in [0.4, 0.5) is 0 Å². The van der Waals surface area contributed by atoms with E-state index in [1.54, 1.807) is 0 Å². The maximum absolute atomic E-state index is 10.5. The minimum atomic E-state index is -1.06. The largest absolute Gasteiger partial charge is 0.508 e. The molecule has 1 rings (SSSR count). The van der Waals surface area contributed by atoms with Gasteiger partial charge in [-0.2, -0.15) is 0 Å². The van der Waals surface area contributed by atoms with Gasteiger partial charge in [0.05, 0.1) is 0 Å². The Morgan fingerprint density at radius 3 is 1.71 bits per heavy atom. The Balaban J connectivity index is 3.35. The fourth-order valence-corrected chi connectivity index (χ4v) is 3.67. The Morgan fingerprint density at radius 2 is 1.33 bits per heavy atom. The van der Waals surface area contributed by atoms with Gasteiger partial charge in [0.2, 0.25) is 0 Å². The zero-order valence-electron chi connectivity index (χ0n) is 15.5. The lowest BCUT2D eigenvalue weighted by Gasteiger charge is -2.29. The van der Waals surface area contributed by atoms with E-state index in [4.69, 9.17) is 0 Å². The van der Waals surface area contributed by atoms with Gasteiger partial charge >= 0.3 is 0 Å². The predicted octanol–water partition coefficient (Wildman–Crippen LogP) is 5.87. The Hall–Kier alpha value is -0.763. The van der Waals surface area contributed by atoms with E-state index >= 15 is 0 Å². The fraction of sp³-hybridized carbons (Fsp3) is 0.684. The van der Waals surface area contributed by atoms with E-state index in [0.29, 0.717) is 5.75 Å². The van der Waals surface area contributed by atoms with E-state index in [1.165, 1.54) is 17.2 Å². The lowest BCUT2D eigenvalue weighted by atomic mass is 9.78. The number of phenolic OH excluding ortho intramolecular Hbond substituents is 1. The van der Waals surface area contributed by atoms with Crippen LogP contribution in [0.5, 0.6) is 5.75 Å². The maximum Gasteiger partial charge on any atom is 0.119 e. The van der Waals surface area contributed by atoms with Gasteiger partial charge in [-0.15, -0.1) is 0 Å². The molecule has 0 bridgehead atoms. The Bertz CT molecular complexity index is 496. The average Bonchev–Trinajstić information content (AvgIpc) is 2.22. The van der Waals surface area contributed by atoms with Crippen LogP contribution in [0.25, 0.3) is 0 Å². The lowest BCUT2D eigenvalue weighted by molar-refractivity contribution is 0.442. The molecule has 120 valence electrons. The maximum atomic E-state index is 10.5. The summed E-state index contributed by atoms with van der Waals surface area (Å²) in [5.41, 5.74) is 3.84. The van der Waals surface area contributed by atoms with Crippen LogP contribution in [0.15, 0.2) is 12.1 Å². The molecular formula is C19H34OSi. The molecule has 1 nitrogen and oxygen atoms in total. The number of phenols is 1. The number of hydrogen-bond donors (Lipinski definition) is 1. The molecule has 1 aromatic carbocycles. The molecule has 2 heteroatoms. The summed E-state index contributed by atoms with van der Waals surface area (Å²) in [4.78, 5) is 0. The first-order valence-electron chi connectivity index (χ1n) is 8.09. The second-order valence-electron chi connectivity index (χ2n) is 9.59. The molecule has 0 amide bonds. The number of rotatable bonds is 3. The molecule has 0 aliphatic heterocycles. The van der Waals surface area contributed by atoms with Crippen LogP contribution < -0.4 is 0 Å². The second-order valence-corrected chi connectivity index (χ2v) is 15.2. The minimum Gasteiger partial charge on any atom is -0.508 e. The Labute approximate surface area is 132 Å². The highest BCUT2D eigenvalue weighted by Crippen LogP contribution is 2.38. The van der Waals surface area contributed by atoms with Crippen LogP contribution in [0.3, 0.4) is 0 Å². The van der Waals surface area contributed by atoms with Crippen molar-refractivity contribution in [2.45, 2.75) is 84.5 Å². The number of hydrogen-bond acceptors (Lipinski definition) is 1. The Morgan fingerprint density at radius 1 is 0.857 bits per heavy atom. The van der Waals surface area contributed by atoms with Crippen LogP contribution in [0.2, 0.25) is 25.7 Å². The number of aryl methyl sites for hydroxylation is 1. The van der Waals surface area contributed by atoms with Crippen LogP contribution in [0, 0.1) is 0 Å². The first kappa shape index (κ1) is 18.3. The molecule has 1 N–H and O–H groups in total. The monoisotopic (exact) mass is 306 g/mol. The highest BCUT2D eigenvalue weighted by Gasteiger charge is 2.25. The van der Waals surface area contributed by atoms with Crippen molar-refractivity contribution >= 4 is 8.07 Å². The van der Waals surface area contributed by atoms with Crippen molar-refractivity contribution in [1.82, 2.24) is 0 Å². The van der Waals surface area contributed by atoms with E-state index in [1.807, 2.05) is 6.07 Å². The minimum absolute atomic E-state index is 0.0194. The van der Waals surface area contributed by atoms with Gasteiger partial charge in [-0.3, -0.25) is 0 Å². The molecule has 21 heavy (non-hydrogen) atoms. The summed E-state index contributed by atoms with van der Waals surface area (Å²) in [6, 6.07) is 5.57. The van der Waals surface area contributed by atoms with Crippen molar-refractivity contribution in [3.63, 3.8) is 0 Å². The highest BCUT2D eigenvalue weighted by molar-refractivity contribution is 6.76. The van der Waals surface area contributed by atoms with E-state index in [-0.39, 0.29) is 10.8 Å². The normalized spacial score (nSPS) is 13.6. The summed E-state index contributed by atoms with van der Waals surface area (Å²) in [5.74, 6) is 0.448. The third-order valence-corrected chi connectivity index (χ3v) is 5.73. The van der Waals surface area contributed by atoms with Crippen LogP contribution >= 0.6 is 0 Å². The molecule has 0 unspecified atom stereocenters. The summed E-state index contributed by atoms with van der Waals surface area (Å²) in [7, 11) is -1.06.